The Balaban J connectivity index is 1.57. The topological polar surface area (TPSA) is 68.4 Å². The van der Waals surface area contributed by atoms with E-state index in [9.17, 15) is 9.59 Å². The van der Waals surface area contributed by atoms with Gasteiger partial charge in [0.25, 0.3) is 5.56 Å². The Morgan fingerprint density at radius 2 is 2.12 bits per heavy atom. The molecule has 25 heavy (non-hydrogen) atoms. The van der Waals surface area contributed by atoms with Gasteiger partial charge in [0.15, 0.2) is 0 Å². The summed E-state index contributed by atoms with van der Waals surface area (Å²) in [6.45, 7) is 4.19. The molecule has 0 unspecified atom stereocenters. The van der Waals surface area contributed by atoms with E-state index in [0.29, 0.717) is 11.4 Å². The summed E-state index contributed by atoms with van der Waals surface area (Å²) in [5.41, 5.74) is 1.33. The van der Waals surface area contributed by atoms with Crippen LogP contribution in [0.5, 0.6) is 0 Å². The minimum absolute atomic E-state index is 0.0313. The third kappa shape index (κ3) is 2.97. The average molecular weight is 358 g/mol. The monoisotopic (exact) mass is 358 g/mol. The fourth-order valence-electron chi connectivity index (χ4n) is 3.75. The molecule has 3 heterocycles. The smallest absolute Gasteiger partial charge is 0.291 e. The first-order valence-corrected chi connectivity index (χ1v) is 9.61. The highest BCUT2D eigenvalue weighted by Crippen LogP contribution is 2.27. The number of aryl methyl sites for hydroxylation is 1. The van der Waals surface area contributed by atoms with Crippen molar-refractivity contribution < 1.29 is 4.79 Å². The number of rotatable bonds is 3. The van der Waals surface area contributed by atoms with Crippen LogP contribution in [-0.4, -0.2) is 26.1 Å². The van der Waals surface area contributed by atoms with Gasteiger partial charge in [0.1, 0.15) is 18.4 Å². The number of aromatic nitrogens is 3. The Bertz CT molecular complexity index is 1000. The van der Waals surface area contributed by atoms with E-state index in [4.69, 9.17) is 0 Å². The van der Waals surface area contributed by atoms with Gasteiger partial charge in [-0.2, -0.15) is 5.10 Å². The van der Waals surface area contributed by atoms with Crippen LogP contribution in [0.3, 0.4) is 0 Å². The Morgan fingerprint density at radius 1 is 1.32 bits per heavy atom. The zero-order valence-corrected chi connectivity index (χ0v) is 15.3. The molecule has 1 aliphatic carbocycles. The molecular weight excluding hydrogens is 336 g/mol. The summed E-state index contributed by atoms with van der Waals surface area (Å²) in [5, 5.41) is 7.28. The van der Waals surface area contributed by atoms with Gasteiger partial charge in [-0.25, -0.2) is 4.68 Å². The van der Waals surface area contributed by atoms with Gasteiger partial charge < -0.3 is 5.32 Å². The van der Waals surface area contributed by atoms with Gasteiger partial charge in [-0.3, -0.25) is 14.0 Å². The molecule has 0 aliphatic heterocycles. The predicted octanol–water partition coefficient (Wildman–Crippen LogP) is 2.71. The molecule has 7 heteroatoms. The Kier molecular flexibility index (Phi) is 4.11. The zero-order chi connectivity index (χ0) is 17.6. The second-order valence-electron chi connectivity index (χ2n) is 7.04. The highest BCUT2D eigenvalue weighted by Gasteiger charge is 2.23. The lowest BCUT2D eigenvalue weighted by Crippen LogP contribution is -2.43. The standard InChI is InChI=1S/C18H22N4O2S/c1-11-5-3-4-6-13(11)20-17(23)9-22-18(24)15-8-16-14(7-12(2)25-16)21(15)10-19-22/h7-8,10-11,13H,3-6,9H2,1-2H3,(H,20,23)/t11-,13+/m0/s1. The zero-order valence-electron chi connectivity index (χ0n) is 14.5. The third-order valence-corrected chi connectivity index (χ3v) is 6.15. The number of nitrogens with one attached hydrogen (secondary N) is 1. The summed E-state index contributed by atoms with van der Waals surface area (Å²) < 4.78 is 4.13. The summed E-state index contributed by atoms with van der Waals surface area (Å²) >= 11 is 1.65. The average Bonchev–Trinajstić information content (AvgIpc) is 3.09. The van der Waals surface area contributed by atoms with Crippen LogP contribution >= 0.6 is 11.3 Å². The van der Waals surface area contributed by atoms with E-state index in [1.165, 1.54) is 16.0 Å². The van der Waals surface area contributed by atoms with Crippen molar-refractivity contribution in [3.05, 3.63) is 33.7 Å². The van der Waals surface area contributed by atoms with Gasteiger partial charge >= 0.3 is 0 Å². The normalized spacial score (nSPS) is 21.0. The number of nitrogens with zero attached hydrogens (tertiary/aromatic N) is 3. The van der Waals surface area contributed by atoms with E-state index in [0.717, 1.165) is 29.5 Å². The van der Waals surface area contributed by atoms with Crippen LogP contribution < -0.4 is 10.9 Å². The minimum atomic E-state index is -0.226. The number of hydrogen-bond acceptors (Lipinski definition) is 4. The van der Waals surface area contributed by atoms with Gasteiger partial charge in [0, 0.05) is 10.9 Å². The summed E-state index contributed by atoms with van der Waals surface area (Å²) in [5.74, 6) is 0.354. The predicted molar refractivity (Wildman–Crippen MR) is 99.1 cm³/mol. The van der Waals surface area contributed by atoms with Gasteiger partial charge in [0.2, 0.25) is 5.91 Å². The highest BCUT2D eigenvalue weighted by atomic mass is 32.1. The van der Waals surface area contributed by atoms with Crippen molar-refractivity contribution in [3.63, 3.8) is 0 Å². The van der Waals surface area contributed by atoms with Crippen LogP contribution in [0.25, 0.3) is 15.7 Å². The molecule has 132 valence electrons. The van der Waals surface area contributed by atoms with Crippen LogP contribution in [0.4, 0.5) is 0 Å². The molecule has 3 aromatic rings. The molecule has 0 spiro atoms. The van der Waals surface area contributed by atoms with Crippen molar-refractivity contribution >= 4 is 33.0 Å². The molecule has 0 bridgehead atoms. The molecular formula is C18H22N4O2S. The maximum atomic E-state index is 12.7. The molecule has 0 radical (unpaired) electrons. The molecule has 2 atom stereocenters. The number of thiophene rings is 1. The van der Waals surface area contributed by atoms with E-state index >= 15 is 0 Å². The molecule has 1 fully saturated rings. The molecule has 1 aliphatic rings. The first-order chi connectivity index (χ1) is 12.0. The van der Waals surface area contributed by atoms with Gasteiger partial charge in [-0.05, 0) is 37.8 Å². The molecule has 0 saturated heterocycles. The quantitative estimate of drug-likeness (QED) is 0.783. The molecule has 6 nitrogen and oxygen atoms in total. The van der Waals surface area contributed by atoms with Gasteiger partial charge in [-0.15, -0.1) is 11.3 Å². The van der Waals surface area contributed by atoms with Gasteiger partial charge in [0.05, 0.1) is 10.2 Å². The summed E-state index contributed by atoms with van der Waals surface area (Å²) in [7, 11) is 0. The van der Waals surface area contributed by atoms with Crippen LogP contribution in [-0.2, 0) is 11.3 Å². The lowest BCUT2D eigenvalue weighted by Gasteiger charge is -2.29. The SMILES string of the molecule is Cc1cc2c(cc3c(=O)n(CC(=O)N[C@@H]4CCCC[C@@H]4C)ncn32)s1. The number of fused-ring (bicyclic) bond motifs is 3. The lowest BCUT2D eigenvalue weighted by atomic mass is 9.86. The number of carbonyl (C=O) groups excluding carboxylic acids is 1. The number of amides is 1. The van der Waals surface area contributed by atoms with Crippen LogP contribution in [0, 0.1) is 12.8 Å². The largest absolute Gasteiger partial charge is 0.351 e. The van der Waals surface area contributed by atoms with Crippen molar-refractivity contribution in [3.8, 4) is 0 Å². The molecule has 4 rings (SSSR count). The van der Waals surface area contributed by atoms with Crippen LogP contribution in [0.2, 0.25) is 0 Å². The maximum absolute atomic E-state index is 12.7. The van der Waals surface area contributed by atoms with E-state index < -0.39 is 0 Å². The first kappa shape index (κ1) is 16.3. The second-order valence-corrected chi connectivity index (χ2v) is 8.32. The second kappa shape index (κ2) is 6.29. The molecule has 3 aromatic heterocycles. The van der Waals surface area contributed by atoms with Gasteiger partial charge in [-0.1, -0.05) is 19.8 Å². The van der Waals surface area contributed by atoms with Crippen molar-refractivity contribution in [2.75, 3.05) is 0 Å². The fraction of sp³-hybridized carbons (Fsp3) is 0.500. The van der Waals surface area contributed by atoms with Crippen LogP contribution in [0.15, 0.2) is 23.3 Å². The Labute approximate surface area is 149 Å². The van der Waals surface area contributed by atoms with E-state index in [1.54, 1.807) is 22.1 Å². The Morgan fingerprint density at radius 3 is 2.92 bits per heavy atom. The van der Waals surface area contributed by atoms with Crippen LogP contribution in [0.1, 0.15) is 37.5 Å². The van der Waals surface area contributed by atoms with Crippen molar-refractivity contribution in [1.82, 2.24) is 19.5 Å². The summed E-state index contributed by atoms with van der Waals surface area (Å²) in [6, 6.07) is 4.15. The highest BCUT2D eigenvalue weighted by molar-refractivity contribution is 7.19. The van der Waals surface area contributed by atoms with E-state index in [-0.39, 0.29) is 24.1 Å². The van der Waals surface area contributed by atoms with Crippen molar-refractivity contribution in [1.29, 1.82) is 0 Å². The molecule has 1 N–H and O–H groups in total. The first-order valence-electron chi connectivity index (χ1n) is 8.79. The third-order valence-electron chi connectivity index (χ3n) is 5.16. The minimum Gasteiger partial charge on any atom is -0.351 e. The Hall–Kier alpha value is -2.15. The molecule has 1 amide bonds. The maximum Gasteiger partial charge on any atom is 0.291 e. The number of hydrogen-bond donors (Lipinski definition) is 1. The van der Waals surface area contributed by atoms with E-state index in [1.807, 2.05) is 13.0 Å². The number of carbonyl (C=O) groups is 1. The lowest BCUT2D eigenvalue weighted by molar-refractivity contribution is -0.123. The molecule has 1 saturated carbocycles. The van der Waals surface area contributed by atoms with Crippen molar-refractivity contribution in [2.24, 2.45) is 5.92 Å². The fourth-order valence-corrected chi connectivity index (χ4v) is 4.70. The molecule has 0 aromatic carbocycles. The summed E-state index contributed by atoms with van der Waals surface area (Å²) in [4.78, 5) is 26.2. The van der Waals surface area contributed by atoms with Crippen molar-refractivity contribution in [2.45, 2.75) is 52.1 Å². The van der Waals surface area contributed by atoms with E-state index in [2.05, 4.69) is 23.4 Å². The summed E-state index contributed by atoms with van der Waals surface area (Å²) in [6.07, 6.45) is 6.18.